The largest absolute Gasteiger partial charge is 0.342 e. The fourth-order valence-corrected chi connectivity index (χ4v) is 5.45. The zero-order chi connectivity index (χ0) is 25.6. The second kappa shape index (κ2) is 9.62. The molecule has 1 saturated carbocycles. The molecule has 1 aliphatic heterocycles. The molecular weight excluding hydrogens is 486 g/mol. The van der Waals surface area contributed by atoms with E-state index in [-0.39, 0.29) is 36.0 Å². The third-order valence-electron chi connectivity index (χ3n) is 7.20. The van der Waals surface area contributed by atoms with E-state index in [1.54, 1.807) is 9.58 Å². The van der Waals surface area contributed by atoms with Crippen LogP contribution in [0.25, 0.3) is 5.69 Å². The number of carbonyl (C=O) groups excluding carboxylic acids is 2. The van der Waals surface area contributed by atoms with Crippen molar-refractivity contribution in [2.75, 3.05) is 13.1 Å². The van der Waals surface area contributed by atoms with Gasteiger partial charge in [-0.1, -0.05) is 17.7 Å². The molecule has 0 bridgehead atoms. The van der Waals surface area contributed by atoms with Crippen LogP contribution < -0.4 is 0 Å². The zero-order valence-corrected chi connectivity index (χ0v) is 20.8. The topological polar surface area (TPSA) is 68.1 Å². The predicted octanol–water partition coefficient (Wildman–Crippen LogP) is 4.89. The first-order valence-corrected chi connectivity index (χ1v) is 12.4. The van der Waals surface area contributed by atoms with Crippen molar-refractivity contribution in [3.63, 3.8) is 0 Å². The quantitative estimate of drug-likeness (QED) is 0.501. The highest BCUT2D eigenvalue weighted by atomic mass is 35.5. The average Bonchev–Trinajstić information content (AvgIpc) is 3.43. The molecule has 186 valence electrons. The van der Waals surface area contributed by atoms with Crippen LogP contribution in [0.5, 0.6) is 0 Å². The van der Waals surface area contributed by atoms with Gasteiger partial charge < -0.3 is 4.90 Å². The second-order valence-corrected chi connectivity index (χ2v) is 10.0. The van der Waals surface area contributed by atoms with Crippen molar-refractivity contribution in [1.82, 2.24) is 19.7 Å². The van der Waals surface area contributed by atoms with Crippen molar-refractivity contribution in [2.45, 2.75) is 51.4 Å². The number of aromatic nitrogens is 3. The highest BCUT2D eigenvalue weighted by Crippen LogP contribution is 2.41. The minimum Gasteiger partial charge on any atom is -0.342 e. The van der Waals surface area contributed by atoms with Crippen LogP contribution in [0.3, 0.4) is 0 Å². The number of aryl methyl sites for hydroxylation is 2. The van der Waals surface area contributed by atoms with Gasteiger partial charge in [0.15, 0.2) is 0 Å². The summed E-state index contributed by atoms with van der Waals surface area (Å²) >= 11 is 6.11. The normalized spacial score (nSPS) is 20.6. The van der Waals surface area contributed by atoms with Gasteiger partial charge in [0.05, 0.1) is 10.9 Å². The van der Waals surface area contributed by atoms with Gasteiger partial charge in [0.25, 0.3) is 0 Å². The fraction of sp³-hybridized carbons (Fsp3) is 0.407. The van der Waals surface area contributed by atoms with E-state index >= 15 is 0 Å². The number of hydrogen-bond acceptors (Lipinski definition) is 4. The third-order valence-corrected chi connectivity index (χ3v) is 7.59. The Morgan fingerprint density at radius 1 is 1.11 bits per heavy atom. The molecule has 2 aliphatic rings. The summed E-state index contributed by atoms with van der Waals surface area (Å²) in [5.74, 6) is -1.32. The number of rotatable bonds is 4. The maximum Gasteiger partial charge on any atom is 0.226 e. The number of likely N-dealkylation sites (tertiary alicyclic amines) is 1. The van der Waals surface area contributed by atoms with E-state index in [1.807, 2.05) is 19.9 Å². The molecule has 0 unspecified atom stereocenters. The average molecular weight is 511 g/mol. The van der Waals surface area contributed by atoms with Gasteiger partial charge in [0.1, 0.15) is 34.8 Å². The first kappa shape index (κ1) is 24.4. The smallest absolute Gasteiger partial charge is 0.226 e. The van der Waals surface area contributed by atoms with Gasteiger partial charge in [0.2, 0.25) is 5.91 Å². The lowest BCUT2D eigenvalue weighted by Crippen LogP contribution is -2.42. The van der Waals surface area contributed by atoms with Gasteiger partial charge in [0, 0.05) is 43.8 Å². The minimum atomic E-state index is -0.715. The van der Waals surface area contributed by atoms with Crippen molar-refractivity contribution < 1.29 is 18.4 Å². The van der Waals surface area contributed by atoms with Gasteiger partial charge in [-0.25, -0.2) is 18.4 Å². The number of piperidine rings is 1. The molecule has 2 fully saturated rings. The van der Waals surface area contributed by atoms with Gasteiger partial charge >= 0.3 is 0 Å². The van der Waals surface area contributed by atoms with E-state index in [0.717, 1.165) is 17.5 Å². The lowest BCUT2D eigenvalue weighted by atomic mass is 9.86. The monoisotopic (exact) mass is 510 g/mol. The molecule has 0 N–H and O–H groups in total. The van der Waals surface area contributed by atoms with Crippen LogP contribution in [0.2, 0.25) is 5.02 Å². The third kappa shape index (κ3) is 4.60. The Morgan fingerprint density at radius 2 is 1.86 bits per heavy atom. The van der Waals surface area contributed by atoms with Crippen LogP contribution in [0.1, 0.15) is 60.3 Å². The summed E-state index contributed by atoms with van der Waals surface area (Å²) in [5, 5.41) is 5.05. The molecule has 2 atom stereocenters. The molecule has 2 heterocycles. The van der Waals surface area contributed by atoms with Crippen molar-refractivity contribution in [3.8, 4) is 5.69 Å². The van der Waals surface area contributed by atoms with E-state index in [9.17, 15) is 18.4 Å². The van der Waals surface area contributed by atoms with Crippen LogP contribution in [0.4, 0.5) is 8.78 Å². The van der Waals surface area contributed by atoms with Crippen LogP contribution in [-0.4, -0.2) is 44.4 Å². The first-order valence-electron chi connectivity index (χ1n) is 12.0. The second-order valence-electron chi connectivity index (χ2n) is 9.63. The van der Waals surface area contributed by atoms with E-state index in [0.29, 0.717) is 42.5 Å². The summed E-state index contributed by atoms with van der Waals surface area (Å²) < 4.78 is 29.6. The molecule has 1 amide bonds. The number of nitrogens with zero attached hydrogens (tertiary/aromatic N) is 4. The van der Waals surface area contributed by atoms with Gasteiger partial charge in [-0.2, -0.15) is 5.10 Å². The summed E-state index contributed by atoms with van der Waals surface area (Å²) in [5.41, 5.74) is 1.80. The molecule has 0 radical (unpaired) electrons. The van der Waals surface area contributed by atoms with E-state index in [2.05, 4.69) is 22.2 Å². The summed E-state index contributed by atoms with van der Waals surface area (Å²) in [6.45, 7) is 4.71. The van der Waals surface area contributed by atoms with Gasteiger partial charge in [-0.05, 0) is 62.1 Å². The highest BCUT2D eigenvalue weighted by molar-refractivity contribution is 6.31. The molecule has 1 aromatic heterocycles. The molecular formula is C27H25ClF2N4O2. The molecule has 1 saturated heterocycles. The molecule has 1 aliphatic carbocycles. The molecule has 0 spiro atoms. The van der Waals surface area contributed by atoms with Crippen LogP contribution in [0.15, 0.2) is 24.3 Å². The Labute approximate surface area is 213 Å². The summed E-state index contributed by atoms with van der Waals surface area (Å²) in [6, 6.07) is 11.2. The van der Waals surface area contributed by atoms with Crippen molar-refractivity contribution >= 4 is 23.3 Å². The summed E-state index contributed by atoms with van der Waals surface area (Å²) in [6.07, 6.45) is 1.52. The number of halogens is 3. The summed E-state index contributed by atoms with van der Waals surface area (Å²) in [7, 11) is 0. The Balaban J connectivity index is 1.31. The molecule has 9 heteroatoms. The van der Waals surface area contributed by atoms with E-state index in [1.165, 1.54) is 12.1 Å². The Bertz CT molecular complexity index is 1330. The predicted molar refractivity (Wildman–Crippen MR) is 129 cm³/mol. The van der Waals surface area contributed by atoms with E-state index < -0.39 is 23.5 Å². The first-order chi connectivity index (χ1) is 17.2. The number of hydrogen-bond donors (Lipinski definition) is 0. The fourth-order valence-electron chi connectivity index (χ4n) is 5.35. The number of benzene rings is 1. The number of amides is 1. The number of carbonyl (C=O) groups is 2. The lowest BCUT2D eigenvalue weighted by Gasteiger charge is -2.34. The Hall–Kier alpha value is -3.31. The van der Waals surface area contributed by atoms with Gasteiger partial charge in [-0.15, -0.1) is 0 Å². The molecule has 5 rings (SSSR count). The minimum absolute atomic E-state index is 0.0770. The Morgan fingerprint density at radius 3 is 2.56 bits per heavy atom. The van der Waals surface area contributed by atoms with Crippen molar-refractivity contribution in [2.24, 2.45) is 5.92 Å². The van der Waals surface area contributed by atoms with Crippen molar-refractivity contribution in [1.29, 1.82) is 0 Å². The van der Waals surface area contributed by atoms with Crippen LogP contribution in [0, 0.1) is 43.5 Å². The molecule has 3 aromatic rings. The zero-order valence-electron chi connectivity index (χ0n) is 20.0. The number of Topliss-reactive ketones (excluding diaryl/α,β-unsaturated/α-hetero) is 1. The van der Waals surface area contributed by atoms with Crippen LogP contribution >= 0.6 is 11.6 Å². The standard InChI is InChI=1S/C27H25ClF2N4O2/c1-15-11-19(4-6-24(15)28)34-26(31-16(2)32-34)17-7-9-33(10-8-17)27(36)23-14-20(35)13-22(23)21-5-3-18(29)12-25(21)30/h3,5,11-12,17,22-23H,7-10,13-14H2,1-2H3/t22-,23+/m0/s1. The van der Waals surface area contributed by atoms with E-state index in [4.69, 9.17) is 11.6 Å². The maximum absolute atomic E-state index is 14.5. The molecule has 6 nitrogen and oxygen atoms in total. The Kier molecular flexibility index (Phi) is 6.52. The molecule has 2 aromatic carbocycles. The van der Waals surface area contributed by atoms with Crippen molar-refractivity contribution in [3.05, 3.63) is 75.8 Å². The SMILES string of the molecule is Cc1nc(C2CCN(C(=O)[C@@H]3CC(=O)C[C@H]3c3ccc(F)cc3F)CC2)n(-c2c#cc(Cl)c(C)c2)n1. The lowest BCUT2D eigenvalue weighted by molar-refractivity contribution is -0.137. The van der Waals surface area contributed by atoms with Gasteiger partial charge in [-0.3, -0.25) is 9.59 Å². The summed E-state index contributed by atoms with van der Waals surface area (Å²) in [4.78, 5) is 32.1. The van der Waals surface area contributed by atoms with Crippen LogP contribution in [-0.2, 0) is 9.59 Å². The highest BCUT2D eigenvalue weighted by Gasteiger charge is 2.42. The maximum atomic E-state index is 14.5. The number of ketones is 1. The molecule has 36 heavy (non-hydrogen) atoms.